The molecule has 0 saturated carbocycles. The van der Waals surface area contributed by atoms with Crippen LogP contribution in [0.2, 0.25) is 0 Å². The van der Waals surface area contributed by atoms with Crippen LogP contribution in [0.4, 0.5) is 8.78 Å². The van der Waals surface area contributed by atoms with E-state index in [0.29, 0.717) is 23.8 Å². The minimum atomic E-state index is -0.871. The third-order valence-corrected chi connectivity index (χ3v) is 6.01. The summed E-state index contributed by atoms with van der Waals surface area (Å²) >= 11 is 0. The van der Waals surface area contributed by atoms with Gasteiger partial charge in [-0.05, 0) is 74.7 Å². The molecule has 1 saturated heterocycles. The molecule has 0 unspecified atom stereocenters. The van der Waals surface area contributed by atoms with Crippen molar-refractivity contribution in [2.24, 2.45) is 11.7 Å². The predicted octanol–water partition coefficient (Wildman–Crippen LogP) is 4.02. The Hall–Kier alpha value is -3.30. The first-order valence-electron chi connectivity index (χ1n) is 11.3. The second kappa shape index (κ2) is 10.8. The van der Waals surface area contributed by atoms with Crippen LogP contribution in [0.5, 0.6) is 5.75 Å². The van der Waals surface area contributed by atoms with Gasteiger partial charge in [0.05, 0.1) is 0 Å². The van der Waals surface area contributed by atoms with Crippen LogP contribution in [0.3, 0.4) is 0 Å². The number of aliphatic hydroxyl groups is 1. The topological polar surface area (TPSA) is 102 Å². The van der Waals surface area contributed by atoms with Gasteiger partial charge in [0.15, 0.2) is 11.5 Å². The van der Waals surface area contributed by atoms with Gasteiger partial charge >= 0.3 is 0 Å². The summed E-state index contributed by atoms with van der Waals surface area (Å²) in [6.45, 7) is 3.43. The van der Waals surface area contributed by atoms with Gasteiger partial charge in [0.2, 0.25) is 5.89 Å². The number of carbonyl (C=O) groups excluding carboxylic acids is 1. The highest BCUT2D eigenvalue weighted by atomic mass is 19.1. The largest absolute Gasteiger partial charge is 0.492 e. The number of likely N-dealkylation sites (tertiary alicyclic amines) is 1. The van der Waals surface area contributed by atoms with Crippen molar-refractivity contribution in [1.82, 2.24) is 9.88 Å². The fraction of sp³-hybridized carbons (Fsp3) is 0.360. The van der Waals surface area contributed by atoms with Gasteiger partial charge in [0, 0.05) is 18.7 Å². The fourth-order valence-corrected chi connectivity index (χ4v) is 4.02. The summed E-state index contributed by atoms with van der Waals surface area (Å²) in [6, 6.07) is 6.77. The first-order chi connectivity index (χ1) is 16.5. The second-order valence-corrected chi connectivity index (χ2v) is 8.31. The molecule has 34 heavy (non-hydrogen) atoms. The minimum absolute atomic E-state index is 0.0298. The molecule has 1 aliphatic heterocycles. The molecule has 2 aliphatic rings. The standard InChI is InChI=1S/C25H27F2N3O4/c26-19-3-1-2-4-20(27)21(19)25-29-22(24(28)32)23(34-25)17-5-7-18(8-6-17)33-14-13-30-11-9-16(15-31)10-12-30/h1,3-8,16,31H,2,9-15H2,(H2,28,32). The first kappa shape index (κ1) is 23.8. The summed E-state index contributed by atoms with van der Waals surface area (Å²) in [5, 5.41) is 9.24. The molecule has 9 heteroatoms. The van der Waals surface area contributed by atoms with Crippen LogP contribution in [-0.4, -0.2) is 53.7 Å². The van der Waals surface area contributed by atoms with Crippen LogP contribution >= 0.6 is 0 Å². The van der Waals surface area contributed by atoms with Crippen molar-refractivity contribution in [3.05, 3.63) is 65.7 Å². The Labute approximate surface area is 196 Å². The van der Waals surface area contributed by atoms with Crippen molar-refractivity contribution in [3.8, 4) is 17.1 Å². The molecule has 4 rings (SSSR count). The van der Waals surface area contributed by atoms with E-state index >= 15 is 0 Å². The van der Waals surface area contributed by atoms with E-state index in [-0.39, 0.29) is 30.4 Å². The molecule has 1 aromatic carbocycles. The first-order valence-corrected chi connectivity index (χ1v) is 11.3. The quantitative estimate of drug-likeness (QED) is 0.603. The molecule has 2 aromatic rings. The van der Waals surface area contributed by atoms with E-state index in [1.807, 2.05) is 0 Å². The van der Waals surface area contributed by atoms with E-state index in [1.165, 1.54) is 12.2 Å². The number of aromatic nitrogens is 1. The van der Waals surface area contributed by atoms with Gasteiger partial charge in [-0.2, -0.15) is 0 Å². The second-order valence-electron chi connectivity index (χ2n) is 8.31. The summed E-state index contributed by atoms with van der Waals surface area (Å²) in [5.74, 6) is -1.84. The summed E-state index contributed by atoms with van der Waals surface area (Å²) in [4.78, 5) is 18.2. The number of carbonyl (C=O) groups is 1. The monoisotopic (exact) mass is 471 g/mol. The molecular weight excluding hydrogens is 444 g/mol. The van der Waals surface area contributed by atoms with Gasteiger partial charge in [-0.3, -0.25) is 9.69 Å². The molecule has 7 nitrogen and oxygen atoms in total. The Kier molecular flexibility index (Phi) is 7.54. The van der Waals surface area contributed by atoms with Crippen LogP contribution in [0.15, 0.2) is 58.6 Å². The maximum atomic E-state index is 14.4. The van der Waals surface area contributed by atoms with Crippen LogP contribution in [0.1, 0.15) is 35.6 Å². The molecule has 180 valence electrons. The van der Waals surface area contributed by atoms with E-state index in [4.69, 9.17) is 14.9 Å². The van der Waals surface area contributed by atoms with Crippen molar-refractivity contribution >= 4 is 11.5 Å². The maximum absolute atomic E-state index is 14.4. The van der Waals surface area contributed by atoms with Gasteiger partial charge in [-0.15, -0.1) is 0 Å². The zero-order valence-corrected chi connectivity index (χ0v) is 18.7. The molecule has 0 radical (unpaired) electrons. The minimum Gasteiger partial charge on any atom is -0.492 e. The average Bonchev–Trinajstić information content (AvgIpc) is 3.20. The van der Waals surface area contributed by atoms with Crippen molar-refractivity contribution in [2.75, 3.05) is 32.8 Å². The third-order valence-electron chi connectivity index (χ3n) is 6.01. The number of ether oxygens (including phenoxy) is 1. The van der Waals surface area contributed by atoms with Gasteiger partial charge in [-0.1, -0.05) is 6.08 Å². The highest BCUT2D eigenvalue weighted by Crippen LogP contribution is 2.35. The Morgan fingerprint density at radius 3 is 2.65 bits per heavy atom. The summed E-state index contributed by atoms with van der Waals surface area (Å²) in [7, 11) is 0. The van der Waals surface area contributed by atoms with E-state index < -0.39 is 23.1 Å². The lowest BCUT2D eigenvalue weighted by atomic mass is 9.98. The number of halogens is 2. The number of allylic oxidation sites excluding steroid dienone is 6. The Balaban J connectivity index is 1.46. The molecule has 1 fully saturated rings. The van der Waals surface area contributed by atoms with Crippen molar-refractivity contribution < 1.29 is 27.8 Å². The molecule has 0 bridgehead atoms. The Bertz CT molecular complexity index is 1110. The van der Waals surface area contributed by atoms with Crippen molar-refractivity contribution in [2.45, 2.75) is 19.3 Å². The molecular formula is C25H27F2N3O4. The highest BCUT2D eigenvalue weighted by Gasteiger charge is 2.26. The molecule has 2 heterocycles. The van der Waals surface area contributed by atoms with E-state index in [0.717, 1.165) is 38.6 Å². The maximum Gasteiger partial charge on any atom is 0.271 e. The number of hydrogen-bond acceptors (Lipinski definition) is 6. The van der Waals surface area contributed by atoms with Crippen LogP contribution in [0.25, 0.3) is 16.9 Å². The number of piperidine rings is 1. The zero-order chi connectivity index (χ0) is 24.1. The van der Waals surface area contributed by atoms with Crippen molar-refractivity contribution in [3.63, 3.8) is 0 Å². The number of rotatable bonds is 8. The number of aliphatic hydroxyl groups excluding tert-OH is 1. The van der Waals surface area contributed by atoms with E-state index in [2.05, 4.69) is 9.88 Å². The fourth-order valence-electron chi connectivity index (χ4n) is 4.02. The number of nitrogens with zero attached hydrogens (tertiary/aromatic N) is 2. The number of primary amides is 1. The Morgan fingerprint density at radius 1 is 1.24 bits per heavy atom. The normalized spacial score (nSPS) is 17.6. The zero-order valence-electron chi connectivity index (χ0n) is 18.7. The predicted molar refractivity (Wildman–Crippen MR) is 123 cm³/mol. The van der Waals surface area contributed by atoms with Crippen LogP contribution < -0.4 is 10.5 Å². The van der Waals surface area contributed by atoms with Gasteiger partial charge < -0.3 is 20.0 Å². The highest BCUT2D eigenvalue weighted by molar-refractivity contribution is 5.97. The van der Waals surface area contributed by atoms with E-state index in [1.54, 1.807) is 24.3 Å². The lowest BCUT2D eigenvalue weighted by molar-refractivity contribution is 0.0996. The SMILES string of the molecule is NC(=O)c1nc(C2=C(F)C=CCC=C2F)oc1-c1ccc(OCCN2CCC(CO)CC2)cc1. The molecule has 1 aliphatic carbocycles. The summed E-state index contributed by atoms with van der Waals surface area (Å²) in [5.41, 5.74) is 5.25. The number of amides is 1. The van der Waals surface area contributed by atoms with E-state index in [9.17, 15) is 18.7 Å². The number of hydrogen-bond donors (Lipinski definition) is 2. The van der Waals surface area contributed by atoms with Gasteiger partial charge in [0.1, 0.15) is 29.6 Å². The third kappa shape index (κ3) is 5.43. The lowest BCUT2D eigenvalue weighted by Crippen LogP contribution is -2.37. The number of oxazole rings is 1. The number of nitrogens with two attached hydrogens (primary N) is 1. The van der Waals surface area contributed by atoms with Gasteiger partial charge in [-0.25, -0.2) is 13.8 Å². The average molecular weight is 472 g/mol. The molecule has 3 N–H and O–H groups in total. The summed E-state index contributed by atoms with van der Waals surface area (Å²) in [6.07, 6.45) is 6.01. The van der Waals surface area contributed by atoms with Crippen LogP contribution in [0, 0.1) is 5.92 Å². The number of benzene rings is 1. The molecule has 0 atom stereocenters. The molecule has 0 spiro atoms. The Morgan fingerprint density at radius 2 is 1.97 bits per heavy atom. The molecule has 1 aromatic heterocycles. The van der Waals surface area contributed by atoms with Crippen molar-refractivity contribution in [1.29, 1.82) is 0 Å². The molecule has 1 amide bonds. The lowest BCUT2D eigenvalue weighted by Gasteiger charge is -2.30. The summed E-state index contributed by atoms with van der Waals surface area (Å²) < 4.78 is 40.3. The van der Waals surface area contributed by atoms with Crippen LogP contribution in [-0.2, 0) is 0 Å². The smallest absolute Gasteiger partial charge is 0.271 e. The van der Waals surface area contributed by atoms with Gasteiger partial charge in [0.25, 0.3) is 5.91 Å².